The molecule has 1 amide bonds. The van der Waals surface area contributed by atoms with Crippen LogP contribution in [0, 0.1) is 19.7 Å². The van der Waals surface area contributed by atoms with Crippen LogP contribution in [-0.2, 0) is 0 Å². The highest BCUT2D eigenvalue weighted by Crippen LogP contribution is 2.22. The van der Waals surface area contributed by atoms with Gasteiger partial charge in [-0.1, -0.05) is 0 Å². The number of anilines is 1. The van der Waals surface area contributed by atoms with Gasteiger partial charge in [0.2, 0.25) is 0 Å². The zero-order valence-electron chi connectivity index (χ0n) is 16.0. The van der Waals surface area contributed by atoms with Gasteiger partial charge in [0, 0.05) is 44.3 Å². The molecule has 3 aromatic rings. The molecule has 1 fully saturated rings. The Kier molecular flexibility index (Phi) is 4.81. The molecule has 28 heavy (non-hydrogen) atoms. The van der Waals surface area contributed by atoms with Gasteiger partial charge in [0.1, 0.15) is 5.82 Å². The second-order valence-corrected chi connectivity index (χ2v) is 6.92. The van der Waals surface area contributed by atoms with E-state index < -0.39 is 0 Å². The molecular formula is C21H22FN5O. The van der Waals surface area contributed by atoms with Gasteiger partial charge < -0.3 is 9.80 Å². The van der Waals surface area contributed by atoms with Crippen LogP contribution in [0.25, 0.3) is 5.69 Å². The second-order valence-electron chi connectivity index (χ2n) is 6.92. The molecule has 1 saturated heterocycles. The first-order valence-electron chi connectivity index (χ1n) is 9.31. The number of nitrogens with zero attached hydrogens (tertiary/aromatic N) is 5. The molecule has 0 spiro atoms. The topological polar surface area (TPSA) is 54.3 Å². The summed E-state index contributed by atoms with van der Waals surface area (Å²) < 4.78 is 14.9. The number of carbonyl (C=O) groups excluding carboxylic acids is 1. The van der Waals surface area contributed by atoms with Crippen molar-refractivity contribution in [3.05, 3.63) is 71.6 Å². The fourth-order valence-electron chi connectivity index (χ4n) is 3.67. The minimum atomic E-state index is -0.298. The van der Waals surface area contributed by atoms with Crippen molar-refractivity contribution in [1.29, 1.82) is 0 Å². The monoisotopic (exact) mass is 379 g/mol. The smallest absolute Gasteiger partial charge is 0.257 e. The number of aryl methyl sites for hydroxylation is 1. The number of rotatable bonds is 3. The predicted octanol–water partition coefficient (Wildman–Crippen LogP) is 2.99. The van der Waals surface area contributed by atoms with Crippen LogP contribution < -0.4 is 4.90 Å². The molecule has 0 saturated carbocycles. The van der Waals surface area contributed by atoms with Gasteiger partial charge in [0.05, 0.1) is 22.6 Å². The Bertz CT molecular complexity index is 976. The van der Waals surface area contributed by atoms with Crippen molar-refractivity contribution in [2.24, 2.45) is 0 Å². The van der Waals surface area contributed by atoms with Gasteiger partial charge in [-0.2, -0.15) is 5.10 Å². The molecule has 144 valence electrons. The third-order valence-corrected chi connectivity index (χ3v) is 5.17. The van der Waals surface area contributed by atoms with Crippen LogP contribution in [0.3, 0.4) is 0 Å². The van der Waals surface area contributed by atoms with Crippen molar-refractivity contribution in [3.63, 3.8) is 0 Å². The Morgan fingerprint density at radius 1 is 0.929 bits per heavy atom. The Balaban J connectivity index is 1.52. The number of pyridine rings is 1. The number of hydrogen-bond donors (Lipinski definition) is 0. The molecule has 0 aliphatic carbocycles. The van der Waals surface area contributed by atoms with Gasteiger partial charge in [-0.05, 0) is 50.2 Å². The highest BCUT2D eigenvalue weighted by molar-refractivity contribution is 5.96. The number of hydrogen-bond acceptors (Lipinski definition) is 4. The van der Waals surface area contributed by atoms with E-state index in [2.05, 4.69) is 15.0 Å². The summed E-state index contributed by atoms with van der Waals surface area (Å²) in [5.41, 5.74) is 3.94. The Morgan fingerprint density at radius 3 is 2.21 bits per heavy atom. The van der Waals surface area contributed by atoms with E-state index in [1.54, 1.807) is 29.2 Å². The lowest BCUT2D eigenvalue weighted by atomic mass is 10.1. The van der Waals surface area contributed by atoms with Crippen molar-refractivity contribution < 1.29 is 9.18 Å². The van der Waals surface area contributed by atoms with Crippen molar-refractivity contribution in [2.75, 3.05) is 31.1 Å². The summed E-state index contributed by atoms with van der Waals surface area (Å²) in [6.07, 6.45) is 3.56. The van der Waals surface area contributed by atoms with E-state index >= 15 is 0 Å². The van der Waals surface area contributed by atoms with Gasteiger partial charge in [0.15, 0.2) is 0 Å². The fourth-order valence-corrected chi connectivity index (χ4v) is 3.67. The van der Waals surface area contributed by atoms with Crippen LogP contribution in [0.15, 0.2) is 48.8 Å². The third-order valence-electron chi connectivity index (χ3n) is 5.17. The molecular weight excluding hydrogens is 357 g/mol. The van der Waals surface area contributed by atoms with Crippen LogP contribution in [0.5, 0.6) is 0 Å². The van der Waals surface area contributed by atoms with E-state index in [0.29, 0.717) is 24.3 Å². The fraction of sp³-hybridized carbons (Fsp3) is 0.286. The second kappa shape index (κ2) is 7.42. The first-order chi connectivity index (χ1) is 13.5. The Labute approximate surface area is 163 Å². The van der Waals surface area contributed by atoms with Gasteiger partial charge in [0.25, 0.3) is 5.91 Å². The molecule has 7 heteroatoms. The molecule has 2 aromatic heterocycles. The standard InChI is InChI=1S/C21H22FN5O/c1-15-20(16(2)27(24-15)19-5-3-17(22)4-6-19)21(28)26-13-11-25(12-14-26)18-7-9-23-10-8-18/h3-10H,11-14H2,1-2H3. The number of amides is 1. The Morgan fingerprint density at radius 2 is 1.57 bits per heavy atom. The van der Waals surface area contributed by atoms with Gasteiger partial charge >= 0.3 is 0 Å². The summed E-state index contributed by atoms with van der Waals surface area (Å²) in [5.74, 6) is -0.300. The molecule has 1 aliphatic heterocycles. The van der Waals surface area contributed by atoms with E-state index in [-0.39, 0.29) is 11.7 Å². The normalized spacial score (nSPS) is 14.4. The van der Waals surface area contributed by atoms with E-state index in [9.17, 15) is 9.18 Å². The van der Waals surface area contributed by atoms with Crippen LogP contribution in [0.2, 0.25) is 0 Å². The highest BCUT2D eigenvalue weighted by Gasteiger charge is 2.27. The lowest BCUT2D eigenvalue weighted by Crippen LogP contribution is -2.49. The predicted molar refractivity (Wildman–Crippen MR) is 105 cm³/mol. The molecule has 0 unspecified atom stereocenters. The first-order valence-corrected chi connectivity index (χ1v) is 9.31. The zero-order chi connectivity index (χ0) is 19.7. The van der Waals surface area contributed by atoms with Crippen molar-refractivity contribution in [1.82, 2.24) is 19.7 Å². The molecule has 0 radical (unpaired) electrons. The molecule has 0 N–H and O–H groups in total. The summed E-state index contributed by atoms with van der Waals surface area (Å²) >= 11 is 0. The molecule has 4 rings (SSSR count). The summed E-state index contributed by atoms with van der Waals surface area (Å²) in [6.45, 7) is 6.58. The molecule has 3 heterocycles. The first kappa shape index (κ1) is 18.2. The lowest BCUT2D eigenvalue weighted by Gasteiger charge is -2.36. The maximum atomic E-state index is 13.2. The molecule has 1 aliphatic rings. The van der Waals surface area contributed by atoms with Crippen molar-refractivity contribution in [3.8, 4) is 5.69 Å². The van der Waals surface area contributed by atoms with Crippen molar-refractivity contribution in [2.45, 2.75) is 13.8 Å². The average molecular weight is 379 g/mol. The maximum Gasteiger partial charge on any atom is 0.257 e. The SMILES string of the molecule is Cc1nn(-c2ccc(F)cc2)c(C)c1C(=O)N1CCN(c2ccncc2)CC1. The van der Waals surface area contributed by atoms with E-state index in [1.165, 1.54) is 12.1 Å². The number of piperazine rings is 1. The van der Waals surface area contributed by atoms with Crippen LogP contribution in [0.4, 0.5) is 10.1 Å². The van der Waals surface area contributed by atoms with Crippen LogP contribution in [-0.4, -0.2) is 51.8 Å². The number of aromatic nitrogens is 3. The largest absolute Gasteiger partial charge is 0.368 e. The van der Waals surface area contributed by atoms with E-state index in [0.717, 1.165) is 30.2 Å². The average Bonchev–Trinajstić information content (AvgIpc) is 3.03. The Hall–Kier alpha value is -3.22. The molecule has 0 atom stereocenters. The van der Waals surface area contributed by atoms with Gasteiger partial charge in [-0.25, -0.2) is 9.07 Å². The number of carbonyl (C=O) groups is 1. The lowest BCUT2D eigenvalue weighted by molar-refractivity contribution is 0.0745. The minimum Gasteiger partial charge on any atom is -0.368 e. The highest BCUT2D eigenvalue weighted by atomic mass is 19.1. The molecule has 0 bridgehead atoms. The van der Waals surface area contributed by atoms with Crippen LogP contribution >= 0.6 is 0 Å². The third kappa shape index (κ3) is 3.35. The minimum absolute atomic E-state index is 0.00209. The quantitative estimate of drug-likeness (QED) is 0.702. The summed E-state index contributed by atoms with van der Waals surface area (Å²) in [5, 5.41) is 4.52. The van der Waals surface area contributed by atoms with Crippen LogP contribution in [0.1, 0.15) is 21.7 Å². The van der Waals surface area contributed by atoms with E-state index in [1.807, 2.05) is 30.9 Å². The summed E-state index contributed by atoms with van der Waals surface area (Å²) in [7, 11) is 0. The summed E-state index contributed by atoms with van der Waals surface area (Å²) in [6, 6.07) is 10.1. The maximum absolute atomic E-state index is 13.2. The van der Waals surface area contributed by atoms with Crippen molar-refractivity contribution >= 4 is 11.6 Å². The molecule has 1 aromatic carbocycles. The van der Waals surface area contributed by atoms with Gasteiger partial charge in [-0.15, -0.1) is 0 Å². The number of benzene rings is 1. The van der Waals surface area contributed by atoms with E-state index in [4.69, 9.17) is 0 Å². The van der Waals surface area contributed by atoms with Gasteiger partial charge in [-0.3, -0.25) is 9.78 Å². The number of halogens is 1. The summed E-state index contributed by atoms with van der Waals surface area (Å²) in [4.78, 5) is 21.4. The zero-order valence-corrected chi connectivity index (χ0v) is 16.0. The molecule has 6 nitrogen and oxygen atoms in total.